The lowest BCUT2D eigenvalue weighted by Crippen LogP contribution is -2.26. The van der Waals surface area contributed by atoms with Crippen LogP contribution in [0, 0.1) is 11.0 Å². The fraction of sp³-hybridized carbons (Fsp3) is 0. The first-order valence-corrected chi connectivity index (χ1v) is 5.43. The van der Waals surface area contributed by atoms with Crippen LogP contribution in [0.15, 0.2) is 53.9 Å². The van der Waals surface area contributed by atoms with Crippen molar-refractivity contribution in [2.24, 2.45) is 5.10 Å². The molecule has 96 valence electrons. The minimum Gasteiger partial charge on any atom is -0.619 e. The number of carbonyl (C=O) groups is 1. The molecule has 1 N–H and O–H groups in total. The Morgan fingerprint density at radius 3 is 2.47 bits per heavy atom. The van der Waals surface area contributed by atoms with Gasteiger partial charge in [0.2, 0.25) is 0 Å². The molecule has 0 aliphatic rings. The Kier molecular flexibility index (Phi) is 3.82. The van der Waals surface area contributed by atoms with Crippen molar-refractivity contribution >= 4 is 12.1 Å². The molecular formula is C13H10FN3O2. The van der Waals surface area contributed by atoms with Crippen molar-refractivity contribution in [2.75, 3.05) is 0 Å². The zero-order valence-electron chi connectivity index (χ0n) is 9.79. The third-order valence-corrected chi connectivity index (χ3v) is 2.31. The summed E-state index contributed by atoms with van der Waals surface area (Å²) in [6.45, 7) is 0. The van der Waals surface area contributed by atoms with Gasteiger partial charge in [-0.25, -0.2) is 9.82 Å². The minimum atomic E-state index is -0.432. The van der Waals surface area contributed by atoms with Gasteiger partial charge < -0.3 is 5.21 Å². The van der Waals surface area contributed by atoms with Crippen LogP contribution >= 0.6 is 0 Å². The van der Waals surface area contributed by atoms with Crippen molar-refractivity contribution in [1.82, 2.24) is 5.43 Å². The van der Waals surface area contributed by atoms with Gasteiger partial charge in [0.15, 0.2) is 12.4 Å². The van der Waals surface area contributed by atoms with Crippen LogP contribution in [0.25, 0.3) is 0 Å². The largest absolute Gasteiger partial charge is 0.619 e. The van der Waals surface area contributed by atoms with Crippen LogP contribution < -0.4 is 10.2 Å². The third-order valence-electron chi connectivity index (χ3n) is 2.31. The lowest BCUT2D eigenvalue weighted by Gasteiger charge is -1.99. The van der Waals surface area contributed by atoms with Gasteiger partial charge in [0.05, 0.1) is 11.8 Å². The number of halogens is 1. The highest BCUT2D eigenvalue weighted by Gasteiger charge is 2.04. The first-order chi connectivity index (χ1) is 9.15. The van der Waals surface area contributed by atoms with E-state index < -0.39 is 5.91 Å². The molecule has 0 saturated heterocycles. The number of hydrazone groups is 1. The molecule has 0 bridgehead atoms. The number of rotatable bonds is 3. The second kappa shape index (κ2) is 5.72. The van der Waals surface area contributed by atoms with E-state index in [0.29, 0.717) is 15.9 Å². The van der Waals surface area contributed by atoms with E-state index in [0.717, 1.165) is 0 Å². The normalized spacial score (nSPS) is 10.6. The lowest BCUT2D eigenvalue weighted by atomic mass is 10.2. The SMILES string of the molecule is O=C(N/N=C/c1ccc(F)cc1)c1cc[n+]([O-])cc1. The van der Waals surface area contributed by atoms with Gasteiger partial charge in [-0.2, -0.15) is 9.83 Å². The van der Waals surface area contributed by atoms with Crippen LogP contribution in [-0.2, 0) is 0 Å². The molecule has 0 atom stereocenters. The molecule has 19 heavy (non-hydrogen) atoms. The Bertz CT molecular complexity index is 594. The average molecular weight is 259 g/mol. The summed E-state index contributed by atoms with van der Waals surface area (Å²) >= 11 is 0. The maximum atomic E-state index is 12.6. The summed E-state index contributed by atoms with van der Waals surface area (Å²) in [5, 5.41) is 14.5. The van der Waals surface area contributed by atoms with Gasteiger partial charge in [-0.3, -0.25) is 4.79 Å². The molecule has 1 aromatic heterocycles. The third kappa shape index (κ3) is 3.60. The van der Waals surface area contributed by atoms with E-state index >= 15 is 0 Å². The molecule has 1 amide bonds. The van der Waals surface area contributed by atoms with Gasteiger partial charge in [0.1, 0.15) is 5.82 Å². The molecule has 0 radical (unpaired) electrons. The van der Waals surface area contributed by atoms with Gasteiger partial charge in [-0.15, -0.1) is 0 Å². The molecular weight excluding hydrogens is 249 g/mol. The molecule has 0 aliphatic carbocycles. The summed E-state index contributed by atoms with van der Waals surface area (Å²) in [6, 6.07) is 8.44. The van der Waals surface area contributed by atoms with Crippen molar-refractivity contribution in [3.8, 4) is 0 Å². The fourth-order valence-electron chi connectivity index (χ4n) is 1.34. The number of carbonyl (C=O) groups excluding carboxylic acids is 1. The topological polar surface area (TPSA) is 68.4 Å². The van der Waals surface area contributed by atoms with Crippen LogP contribution in [0.3, 0.4) is 0 Å². The Morgan fingerprint density at radius 1 is 1.21 bits per heavy atom. The van der Waals surface area contributed by atoms with E-state index in [9.17, 15) is 14.4 Å². The predicted octanol–water partition coefficient (Wildman–Crippen LogP) is 1.22. The predicted molar refractivity (Wildman–Crippen MR) is 66.9 cm³/mol. The van der Waals surface area contributed by atoms with Crippen LogP contribution in [0.2, 0.25) is 0 Å². The number of hydrogen-bond donors (Lipinski definition) is 1. The van der Waals surface area contributed by atoms with Crippen molar-refractivity contribution in [2.45, 2.75) is 0 Å². The fourth-order valence-corrected chi connectivity index (χ4v) is 1.34. The maximum absolute atomic E-state index is 12.6. The number of pyridine rings is 1. The molecule has 5 nitrogen and oxygen atoms in total. The number of nitrogens with zero attached hydrogens (tertiary/aromatic N) is 2. The highest BCUT2D eigenvalue weighted by Crippen LogP contribution is 1.99. The van der Waals surface area contributed by atoms with E-state index in [1.165, 1.54) is 55.0 Å². The number of aromatic nitrogens is 1. The van der Waals surface area contributed by atoms with Crippen molar-refractivity contribution in [3.05, 3.63) is 70.9 Å². The first-order valence-electron chi connectivity index (χ1n) is 5.43. The average Bonchev–Trinajstić information content (AvgIpc) is 2.41. The summed E-state index contributed by atoms with van der Waals surface area (Å²) in [7, 11) is 0. The van der Waals surface area contributed by atoms with Crippen LogP contribution in [0.1, 0.15) is 15.9 Å². The number of hydrogen-bond acceptors (Lipinski definition) is 3. The summed E-state index contributed by atoms with van der Waals surface area (Å²) in [5.41, 5.74) is 3.29. The van der Waals surface area contributed by atoms with E-state index in [1.807, 2.05) is 0 Å². The molecule has 0 unspecified atom stereocenters. The second-order valence-electron chi connectivity index (χ2n) is 3.70. The summed E-state index contributed by atoms with van der Waals surface area (Å²) in [5.74, 6) is -0.768. The molecule has 2 aromatic rings. The van der Waals surface area contributed by atoms with E-state index in [1.54, 1.807) is 0 Å². The van der Waals surface area contributed by atoms with Crippen LogP contribution in [0.4, 0.5) is 4.39 Å². The summed E-state index contributed by atoms with van der Waals surface area (Å²) < 4.78 is 13.2. The maximum Gasteiger partial charge on any atom is 0.271 e. The Labute approximate surface area is 108 Å². The van der Waals surface area contributed by atoms with Crippen molar-refractivity contribution < 1.29 is 13.9 Å². The molecule has 1 heterocycles. The van der Waals surface area contributed by atoms with Crippen LogP contribution in [-0.4, -0.2) is 12.1 Å². The standard InChI is InChI=1S/C13H10FN3O2/c14-12-3-1-10(2-4-12)9-15-16-13(18)11-5-7-17(19)8-6-11/h1-9H,(H,16,18)/b15-9+. The summed E-state index contributed by atoms with van der Waals surface area (Å²) in [6.07, 6.45) is 3.84. The number of benzene rings is 1. The zero-order valence-corrected chi connectivity index (χ0v) is 9.79. The van der Waals surface area contributed by atoms with Gasteiger partial charge in [0.25, 0.3) is 5.91 Å². The van der Waals surface area contributed by atoms with E-state index in [2.05, 4.69) is 10.5 Å². The smallest absolute Gasteiger partial charge is 0.271 e. The second-order valence-corrected chi connectivity index (χ2v) is 3.70. The number of nitrogens with one attached hydrogen (secondary N) is 1. The lowest BCUT2D eigenvalue weighted by molar-refractivity contribution is -0.605. The first kappa shape index (κ1) is 12.7. The molecule has 0 spiro atoms. The zero-order chi connectivity index (χ0) is 13.7. The monoisotopic (exact) mass is 259 g/mol. The van der Waals surface area contributed by atoms with Gasteiger partial charge in [-0.05, 0) is 17.7 Å². The van der Waals surface area contributed by atoms with Gasteiger partial charge in [-0.1, -0.05) is 12.1 Å². The molecule has 2 rings (SSSR count). The van der Waals surface area contributed by atoms with Gasteiger partial charge >= 0.3 is 0 Å². The highest BCUT2D eigenvalue weighted by atomic mass is 19.1. The Morgan fingerprint density at radius 2 is 1.84 bits per heavy atom. The van der Waals surface area contributed by atoms with E-state index in [-0.39, 0.29) is 5.82 Å². The van der Waals surface area contributed by atoms with E-state index in [4.69, 9.17) is 0 Å². The highest BCUT2D eigenvalue weighted by molar-refractivity contribution is 5.94. The van der Waals surface area contributed by atoms with Crippen molar-refractivity contribution in [3.63, 3.8) is 0 Å². The van der Waals surface area contributed by atoms with Gasteiger partial charge in [0, 0.05) is 12.1 Å². The minimum absolute atomic E-state index is 0.323. The van der Waals surface area contributed by atoms with Crippen molar-refractivity contribution in [1.29, 1.82) is 0 Å². The summed E-state index contributed by atoms with van der Waals surface area (Å²) in [4.78, 5) is 11.6. The Balaban J connectivity index is 1.96. The molecule has 6 heteroatoms. The molecule has 0 fully saturated rings. The molecule has 1 aromatic carbocycles. The Hall–Kier alpha value is -2.76. The molecule has 0 saturated carbocycles. The quantitative estimate of drug-likeness (QED) is 0.390. The molecule has 0 aliphatic heterocycles. The van der Waals surface area contributed by atoms with Crippen LogP contribution in [0.5, 0.6) is 0 Å². The number of amides is 1.